The normalized spacial score (nSPS) is 13.1. The van der Waals surface area contributed by atoms with Crippen molar-refractivity contribution in [1.29, 1.82) is 0 Å². The molecule has 2 amide bonds. The number of hydrogen-bond donors (Lipinski definition) is 2. The van der Waals surface area contributed by atoms with Crippen LogP contribution in [0.3, 0.4) is 0 Å². The van der Waals surface area contributed by atoms with Gasteiger partial charge in [-0.1, -0.05) is 21.3 Å². The van der Waals surface area contributed by atoms with E-state index in [2.05, 4.69) is 0 Å². The molecule has 0 aromatic heterocycles. The molecule has 33 nitrogen and oxygen atoms in total. The number of rotatable bonds is 33. The average Bonchev–Trinajstić information content (AvgIpc) is 1.13. The van der Waals surface area contributed by atoms with Gasteiger partial charge in [0, 0.05) is 86.0 Å². The number of benzene rings is 3. The quantitative estimate of drug-likeness (QED) is 0.0143. The van der Waals surface area contributed by atoms with Gasteiger partial charge in [-0.25, -0.2) is 4.79 Å². The van der Waals surface area contributed by atoms with E-state index < -0.39 is 118 Å². The van der Waals surface area contributed by atoms with Crippen molar-refractivity contribution in [3.8, 4) is 0 Å². The summed E-state index contributed by atoms with van der Waals surface area (Å²) in [5.41, 5.74) is 1.82. The van der Waals surface area contributed by atoms with Crippen molar-refractivity contribution in [3.05, 3.63) is 118 Å². The van der Waals surface area contributed by atoms with Crippen molar-refractivity contribution < 1.29 is 117 Å². The summed E-state index contributed by atoms with van der Waals surface area (Å²) < 4.78 is 67.2. The third kappa shape index (κ3) is 45.9. The van der Waals surface area contributed by atoms with Gasteiger partial charge in [0.25, 0.3) is 28.9 Å². The number of esters is 2. The second-order valence-corrected chi connectivity index (χ2v) is 43.0. The highest BCUT2D eigenvalue weighted by Gasteiger charge is 2.53. The van der Waals surface area contributed by atoms with Crippen molar-refractivity contribution in [1.82, 2.24) is 5.06 Å². The predicted molar refractivity (Wildman–Crippen MR) is 439 cm³/mol. The van der Waals surface area contributed by atoms with Crippen molar-refractivity contribution in [3.63, 3.8) is 0 Å². The molecule has 1 saturated heterocycles. The Bertz CT molecular complexity index is 3640. The van der Waals surface area contributed by atoms with Crippen LogP contribution in [0.4, 0.5) is 17.1 Å². The van der Waals surface area contributed by atoms with Crippen molar-refractivity contribution in [2.75, 3.05) is 6.54 Å². The Labute approximate surface area is 688 Å². The molecule has 0 aliphatic carbocycles. The molecule has 1 heterocycles. The standard InChI is InChI=1S/C26H43NO8Si.C23H39NO7Si.C15H14N2O8.C14H33NO3Si.CO2.CH4/c1-11-23(29)32-18-20-17-19(14-15-21(20)27(30)31)22(28)13-12-16-36(33-24(2,3)4,34-25(5,6)7)35-26(8,9)10;1-21(2,3)29-32(30-22(4,5)6,31-23(7,8)9)14-10-11-20(26)17-12-13-19(24(27)28)18(15-17)16-25;1-2-14(20)24-8-10-7-9(3-4-11(10)17(22)23)15(21)25-16-12(18)5-6-13(16)19;1-12(2,3)16-19(11-10-15,17-13(4,5)6)18-14(7,8)9;2-1-3;/h14-15,17H,11-13,16,18H2,1-10H3;12-13,15,25H,10-11,14,16H2,1-9H3;3-4,7H,2,5-6,8H2,1H3;10-11,15H2,1-9H3;;1H4. The Hall–Kier alpha value is -7.66. The second kappa shape index (κ2) is 46.6. The van der Waals surface area contributed by atoms with Crippen LogP contribution in [-0.4, -0.2) is 156 Å². The Morgan fingerprint density at radius 1 is 0.440 bits per heavy atom. The highest BCUT2D eigenvalue weighted by Crippen LogP contribution is 2.37. The molecule has 0 saturated carbocycles. The molecule has 0 bridgehead atoms. The Balaban J connectivity index is 0. The van der Waals surface area contributed by atoms with Gasteiger partial charge in [0.2, 0.25) is 0 Å². The number of hydrogen-bond acceptors (Lipinski definition) is 29. The molecule has 0 spiro atoms. The number of ketones is 2. The highest BCUT2D eigenvalue weighted by molar-refractivity contribution is 6.62. The lowest BCUT2D eigenvalue weighted by Gasteiger charge is -2.43. The van der Waals surface area contributed by atoms with Gasteiger partial charge >= 0.3 is 50.5 Å². The summed E-state index contributed by atoms with van der Waals surface area (Å²) in [5, 5.41) is 43.3. The molecular weight excluding hydrogens is 1560 g/mol. The van der Waals surface area contributed by atoms with Gasteiger partial charge in [-0.15, -0.1) is 5.06 Å². The maximum absolute atomic E-state index is 13.0. The number of nitrogens with two attached hydrogens (primary N) is 1. The fourth-order valence-corrected chi connectivity index (χ4v) is 21.9. The van der Waals surface area contributed by atoms with Gasteiger partial charge in [0.15, 0.2) is 11.6 Å². The zero-order chi connectivity index (χ0) is 89.7. The monoisotopic (exact) mass is 1700 g/mol. The van der Waals surface area contributed by atoms with Crippen LogP contribution < -0.4 is 5.73 Å². The number of nitrogens with zero attached hydrogens (tertiary/aromatic N) is 4. The molecule has 3 N–H and O–H groups in total. The van der Waals surface area contributed by atoms with Gasteiger partial charge in [-0.2, -0.15) is 9.59 Å². The minimum Gasteiger partial charge on any atom is -0.461 e. The van der Waals surface area contributed by atoms with Crippen LogP contribution in [-0.2, 0) is 103 Å². The van der Waals surface area contributed by atoms with Crippen molar-refractivity contribution >= 4 is 90.9 Å². The maximum atomic E-state index is 13.0. The number of ether oxygens (including phenoxy) is 2. The van der Waals surface area contributed by atoms with Gasteiger partial charge in [-0.3, -0.25) is 59.1 Å². The molecule has 3 aromatic carbocycles. The number of nitro benzene ring substituents is 3. The van der Waals surface area contributed by atoms with E-state index in [1.54, 1.807) is 13.8 Å². The molecule has 1 fully saturated rings. The number of aliphatic hydroxyl groups excluding tert-OH is 1. The largest absolute Gasteiger partial charge is 0.503 e. The summed E-state index contributed by atoms with van der Waals surface area (Å²) in [6, 6.07) is 13.0. The molecule has 36 heteroatoms. The molecule has 0 atom stereocenters. The lowest BCUT2D eigenvalue weighted by atomic mass is 10.0. The minimum atomic E-state index is -3.23. The highest BCUT2D eigenvalue weighted by atomic mass is 28.4. The molecule has 1 aliphatic heterocycles. The maximum Gasteiger partial charge on any atom is 0.503 e. The lowest BCUT2D eigenvalue weighted by Crippen LogP contribution is -2.57. The summed E-state index contributed by atoms with van der Waals surface area (Å²) in [6.45, 7) is 55.7. The van der Waals surface area contributed by atoms with Gasteiger partial charge in [-0.05, 0) is 243 Å². The number of carbonyl (C=O) groups excluding carboxylic acids is 9. The Morgan fingerprint density at radius 3 is 0.922 bits per heavy atom. The molecule has 1 aliphatic rings. The van der Waals surface area contributed by atoms with Gasteiger partial charge in [0.05, 0.1) is 94.0 Å². The van der Waals surface area contributed by atoms with Gasteiger partial charge < -0.3 is 65.0 Å². The van der Waals surface area contributed by atoms with Crippen LogP contribution in [0, 0.1) is 30.3 Å². The third-order valence-corrected chi connectivity index (χ3v) is 24.9. The molecule has 0 unspecified atom stereocenters. The van der Waals surface area contributed by atoms with Crippen LogP contribution in [0.1, 0.15) is 307 Å². The molecular formula is C80H133N5O28Si3. The zero-order valence-corrected chi connectivity index (χ0v) is 76.1. The summed E-state index contributed by atoms with van der Waals surface area (Å²) in [7, 11) is -9.25. The van der Waals surface area contributed by atoms with Crippen molar-refractivity contribution in [2.45, 2.75) is 348 Å². The van der Waals surface area contributed by atoms with E-state index in [1.807, 2.05) is 187 Å². The van der Waals surface area contributed by atoms with Crippen molar-refractivity contribution in [2.24, 2.45) is 5.73 Å². The number of Topliss-reactive ketones (excluding diaryl/α,β-unsaturated/α-hetero) is 2. The zero-order valence-electron chi connectivity index (χ0n) is 73.1. The summed E-state index contributed by atoms with van der Waals surface area (Å²) in [5.74, 6) is -3.69. The lowest BCUT2D eigenvalue weighted by molar-refractivity contribution is -0.386. The van der Waals surface area contributed by atoms with E-state index >= 15 is 0 Å². The first-order valence-electron chi connectivity index (χ1n) is 37.9. The number of hydroxylamine groups is 2. The van der Waals surface area contributed by atoms with Crippen LogP contribution >= 0.6 is 0 Å². The Kier molecular flexibility index (Phi) is 44.4. The molecule has 3 aromatic rings. The molecule has 4 rings (SSSR count). The van der Waals surface area contributed by atoms with E-state index in [0.29, 0.717) is 53.7 Å². The number of aliphatic hydroxyl groups is 1. The summed E-state index contributed by atoms with van der Waals surface area (Å²) in [6.07, 6.45) is 1.69. The fourth-order valence-electron chi connectivity index (χ4n) is 10.7. The number of imide groups is 1. The van der Waals surface area contributed by atoms with Crippen LogP contribution in [0.5, 0.6) is 0 Å². The van der Waals surface area contributed by atoms with Crippen LogP contribution in [0.2, 0.25) is 18.1 Å². The SMILES string of the molecule is C.CC(C)(C)O[Si](CCCC(=O)c1ccc([N+](=O)[O-])c(CO)c1)(OC(C)(C)C)OC(C)(C)C.CC(C)(C)O[Si](CCN)(OC(C)(C)C)OC(C)(C)C.CCC(=O)OCc1cc(C(=O)CCC[Si](OC(C)(C)C)(OC(C)(C)C)OC(C)(C)C)ccc1[N+](=O)[O-].CCC(=O)OCc1cc(C(=O)ON2C(=O)CCC2=O)ccc1[N+](=O)[O-].O=C=O. The third-order valence-electron chi connectivity index (χ3n) is 13.8. The topological polar surface area (TPSA) is 443 Å². The van der Waals surface area contributed by atoms with Gasteiger partial charge in [0.1, 0.15) is 13.2 Å². The first kappa shape index (κ1) is 110. The summed E-state index contributed by atoms with van der Waals surface area (Å²) in [4.78, 5) is 136. The Morgan fingerprint density at radius 2 is 0.681 bits per heavy atom. The predicted octanol–water partition coefficient (Wildman–Crippen LogP) is 16.5. The summed E-state index contributed by atoms with van der Waals surface area (Å²) >= 11 is 0. The number of nitro groups is 3. The second-order valence-electron chi connectivity index (χ2n) is 35.6. The number of amides is 2. The van der Waals surface area contributed by atoms with E-state index in [1.165, 1.54) is 36.4 Å². The smallest absolute Gasteiger partial charge is 0.461 e. The average molecular weight is 1700 g/mol. The first-order valence-corrected chi connectivity index (χ1v) is 43.7. The van der Waals surface area contributed by atoms with E-state index in [9.17, 15) is 69.0 Å². The number of carbonyl (C=O) groups is 7. The minimum absolute atomic E-state index is 0. The van der Waals surface area contributed by atoms with E-state index in [-0.39, 0.29) is 126 Å². The van der Waals surface area contributed by atoms with Crippen LogP contribution in [0.15, 0.2) is 54.6 Å². The molecule has 658 valence electrons. The molecule has 0 radical (unpaired) electrons. The fraction of sp³-hybridized carbons (Fsp3) is 0.675. The van der Waals surface area contributed by atoms with E-state index in [0.717, 1.165) is 18.2 Å². The first-order chi connectivity index (χ1) is 52.0. The molecule has 116 heavy (non-hydrogen) atoms. The van der Waals surface area contributed by atoms with E-state index in [4.69, 9.17) is 69.5 Å². The van der Waals surface area contributed by atoms with Crippen LogP contribution in [0.25, 0.3) is 0 Å².